The van der Waals surface area contributed by atoms with Crippen molar-refractivity contribution in [2.75, 3.05) is 5.32 Å². The van der Waals surface area contributed by atoms with Crippen molar-refractivity contribution in [3.8, 4) is 5.75 Å². The van der Waals surface area contributed by atoms with E-state index in [1.54, 1.807) is 6.07 Å². The minimum atomic E-state index is -3.08. The summed E-state index contributed by atoms with van der Waals surface area (Å²) in [5.41, 5.74) is -0.439. The molecule has 1 atom stereocenters. The monoisotopic (exact) mass is 432 g/mol. The first-order chi connectivity index (χ1) is 12.3. The molecular formula is C16H12BrF3N2O4. The van der Waals surface area contributed by atoms with E-state index < -0.39 is 29.1 Å². The van der Waals surface area contributed by atoms with Gasteiger partial charge >= 0.3 is 6.61 Å². The summed E-state index contributed by atoms with van der Waals surface area (Å²) in [5.74, 6) is -1.01. The van der Waals surface area contributed by atoms with Crippen molar-refractivity contribution in [3.63, 3.8) is 0 Å². The quantitative estimate of drug-likeness (QED) is 0.366. The van der Waals surface area contributed by atoms with Gasteiger partial charge in [0.1, 0.15) is 23.5 Å². The summed E-state index contributed by atoms with van der Waals surface area (Å²) in [6.45, 7) is -3.08. The van der Waals surface area contributed by atoms with Crippen molar-refractivity contribution < 1.29 is 27.6 Å². The Morgan fingerprint density at radius 3 is 2.62 bits per heavy atom. The van der Waals surface area contributed by atoms with Gasteiger partial charge in [0.05, 0.1) is 21.5 Å². The fourth-order valence-electron chi connectivity index (χ4n) is 2.32. The standard InChI is InChI=1S/C16H12BrF3N2O4/c17-10-7-13(14(22(24)25)8-11(10)18)21-12(5-6-23)9-3-1-2-4-15(9)26-16(19)20/h1-4,6-8,12,16,21H,5H2/t12-/m1/s1. The Labute approximate surface area is 154 Å². The third kappa shape index (κ3) is 4.72. The average Bonchev–Trinajstić information content (AvgIpc) is 2.57. The Bertz CT molecular complexity index is 820. The van der Waals surface area contributed by atoms with Gasteiger partial charge in [-0.15, -0.1) is 0 Å². The van der Waals surface area contributed by atoms with E-state index in [1.165, 1.54) is 18.2 Å². The second-order valence-electron chi connectivity index (χ2n) is 5.06. The Balaban J connectivity index is 2.46. The first-order valence-electron chi connectivity index (χ1n) is 7.20. The number of anilines is 1. The lowest BCUT2D eigenvalue weighted by atomic mass is 10.0. The number of aldehydes is 1. The third-order valence-electron chi connectivity index (χ3n) is 3.41. The molecule has 0 aromatic heterocycles. The first-order valence-corrected chi connectivity index (χ1v) is 8.00. The van der Waals surface area contributed by atoms with E-state index in [2.05, 4.69) is 26.0 Å². The van der Waals surface area contributed by atoms with Crippen LogP contribution in [0.1, 0.15) is 18.0 Å². The second-order valence-corrected chi connectivity index (χ2v) is 5.91. The van der Waals surface area contributed by atoms with E-state index in [4.69, 9.17) is 0 Å². The number of hydrogen-bond acceptors (Lipinski definition) is 5. The van der Waals surface area contributed by atoms with E-state index in [9.17, 15) is 28.1 Å². The van der Waals surface area contributed by atoms with Crippen LogP contribution in [-0.4, -0.2) is 17.8 Å². The summed E-state index contributed by atoms with van der Waals surface area (Å²) in [6, 6.07) is 6.70. The van der Waals surface area contributed by atoms with Gasteiger partial charge in [0.25, 0.3) is 5.69 Å². The maximum absolute atomic E-state index is 13.6. The number of halogens is 4. The number of para-hydroxylation sites is 1. The van der Waals surface area contributed by atoms with Crippen LogP contribution in [0.4, 0.5) is 24.5 Å². The molecule has 2 aromatic carbocycles. The second kappa shape index (κ2) is 8.65. The predicted octanol–water partition coefficient (Wildman–Crippen LogP) is 4.84. The lowest BCUT2D eigenvalue weighted by Gasteiger charge is -2.21. The minimum absolute atomic E-state index is 0.0347. The molecule has 1 N–H and O–H groups in total. The van der Waals surface area contributed by atoms with Gasteiger partial charge in [0.2, 0.25) is 0 Å². The molecule has 0 fully saturated rings. The number of nitro groups is 1. The smallest absolute Gasteiger partial charge is 0.387 e. The van der Waals surface area contributed by atoms with Crippen molar-refractivity contribution >= 4 is 33.6 Å². The van der Waals surface area contributed by atoms with Gasteiger partial charge in [0, 0.05) is 12.0 Å². The van der Waals surface area contributed by atoms with Crippen LogP contribution in [0.25, 0.3) is 0 Å². The van der Waals surface area contributed by atoms with Gasteiger partial charge in [-0.1, -0.05) is 18.2 Å². The molecule has 10 heteroatoms. The normalized spacial score (nSPS) is 11.9. The molecule has 0 unspecified atom stereocenters. The largest absolute Gasteiger partial charge is 0.434 e. The molecule has 0 heterocycles. The van der Waals surface area contributed by atoms with Crippen molar-refractivity contribution in [2.24, 2.45) is 0 Å². The molecule has 0 saturated heterocycles. The third-order valence-corrected chi connectivity index (χ3v) is 4.02. The molecule has 0 saturated carbocycles. The van der Waals surface area contributed by atoms with Gasteiger partial charge in [-0.05, 0) is 28.1 Å². The molecule has 0 bridgehead atoms. The number of carbonyl (C=O) groups excluding carboxylic acids is 1. The molecule has 0 spiro atoms. The highest BCUT2D eigenvalue weighted by atomic mass is 79.9. The van der Waals surface area contributed by atoms with E-state index >= 15 is 0 Å². The van der Waals surface area contributed by atoms with Crippen LogP contribution in [0.3, 0.4) is 0 Å². The summed E-state index contributed by atoms with van der Waals surface area (Å²) in [6.07, 6.45) is 0.344. The van der Waals surface area contributed by atoms with Gasteiger partial charge in [-0.25, -0.2) is 4.39 Å². The van der Waals surface area contributed by atoms with Crippen molar-refractivity contribution in [3.05, 3.63) is 62.4 Å². The number of nitrogens with zero attached hydrogens (tertiary/aromatic N) is 1. The lowest BCUT2D eigenvalue weighted by Crippen LogP contribution is -2.15. The van der Waals surface area contributed by atoms with Crippen molar-refractivity contribution in [1.29, 1.82) is 0 Å². The number of nitrogens with one attached hydrogen (secondary N) is 1. The average molecular weight is 433 g/mol. The van der Waals surface area contributed by atoms with Crippen LogP contribution in [0.15, 0.2) is 40.9 Å². The summed E-state index contributed by atoms with van der Waals surface area (Å²) in [4.78, 5) is 21.4. The van der Waals surface area contributed by atoms with Gasteiger partial charge in [-0.3, -0.25) is 10.1 Å². The highest BCUT2D eigenvalue weighted by molar-refractivity contribution is 9.10. The summed E-state index contributed by atoms with van der Waals surface area (Å²) >= 11 is 2.93. The Hall–Kier alpha value is -2.62. The number of ether oxygens (including phenoxy) is 1. The molecule has 0 radical (unpaired) electrons. The minimum Gasteiger partial charge on any atom is -0.434 e. The molecule has 26 heavy (non-hydrogen) atoms. The summed E-state index contributed by atoms with van der Waals surface area (Å²) < 4.78 is 43.2. The predicted molar refractivity (Wildman–Crippen MR) is 90.9 cm³/mol. The molecule has 6 nitrogen and oxygen atoms in total. The fourth-order valence-corrected chi connectivity index (χ4v) is 2.67. The molecule has 2 rings (SSSR count). The molecule has 138 valence electrons. The van der Waals surface area contributed by atoms with E-state index in [0.717, 1.165) is 6.07 Å². The zero-order chi connectivity index (χ0) is 19.3. The van der Waals surface area contributed by atoms with Crippen LogP contribution < -0.4 is 10.1 Å². The Morgan fingerprint density at radius 2 is 2.00 bits per heavy atom. The van der Waals surface area contributed by atoms with E-state index in [1.807, 2.05) is 0 Å². The maximum atomic E-state index is 13.6. The van der Waals surface area contributed by atoms with Crippen LogP contribution in [0, 0.1) is 15.9 Å². The number of benzene rings is 2. The number of rotatable bonds is 8. The van der Waals surface area contributed by atoms with Gasteiger partial charge in [0.15, 0.2) is 0 Å². The maximum Gasteiger partial charge on any atom is 0.387 e. The van der Waals surface area contributed by atoms with Gasteiger partial charge < -0.3 is 14.8 Å². The highest BCUT2D eigenvalue weighted by Gasteiger charge is 2.23. The Morgan fingerprint density at radius 1 is 1.31 bits per heavy atom. The van der Waals surface area contributed by atoms with E-state index in [0.29, 0.717) is 12.4 Å². The summed E-state index contributed by atoms with van der Waals surface area (Å²) in [7, 11) is 0. The summed E-state index contributed by atoms with van der Waals surface area (Å²) in [5, 5.41) is 13.9. The molecule has 0 aliphatic carbocycles. The van der Waals surface area contributed by atoms with Crippen LogP contribution in [-0.2, 0) is 4.79 Å². The Kier molecular flexibility index (Phi) is 6.56. The van der Waals surface area contributed by atoms with E-state index in [-0.39, 0.29) is 27.9 Å². The SMILES string of the molecule is O=CC[C@@H](Nc1cc(Br)c(F)cc1[N+](=O)[O-])c1ccccc1OC(F)F. The lowest BCUT2D eigenvalue weighted by molar-refractivity contribution is -0.384. The molecule has 0 amide bonds. The zero-order valence-corrected chi connectivity index (χ0v) is 14.6. The molecular weight excluding hydrogens is 421 g/mol. The number of alkyl halides is 2. The van der Waals surface area contributed by atoms with Crippen LogP contribution in [0.5, 0.6) is 5.75 Å². The number of hydrogen-bond donors (Lipinski definition) is 1. The van der Waals surface area contributed by atoms with Crippen molar-refractivity contribution in [2.45, 2.75) is 19.1 Å². The highest BCUT2D eigenvalue weighted by Crippen LogP contribution is 2.36. The number of nitro benzene ring substituents is 1. The first kappa shape index (κ1) is 19.7. The van der Waals surface area contributed by atoms with Gasteiger partial charge in [-0.2, -0.15) is 8.78 Å². The fraction of sp³-hybridized carbons (Fsp3) is 0.188. The molecule has 2 aromatic rings. The zero-order valence-electron chi connectivity index (χ0n) is 13.0. The molecule has 0 aliphatic rings. The van der Waals surface area contributed by atoms with Crippen LogP contribution in [0.2, 0.25) is 0 Å². The molecule has 0 aliphatic heterocycles. The number of carbonyl (C=O) groups is 1. The van der Waals surface area contributed by atoms with Crippen molar-refractivity contribution in [1.82, 2.24) is 0 Å². The van der Waals surface area contributed by atoms with Crippen LogP contribution >= 0.6 is 15.9 Å². The topological polar surface area (TPSA) is 81.5 Å².